The summed E-state index contributed by atoms with van der Waals surface area (Å²) in [5.41, 5.74) is 0.970. The number of carbonyl (C=O) groups is 2. The summed E-state index contributed by atoms with van der Waals surface area (Å²) in [7, 11) is 1.31. The fourth-order valence-corrected chi connectivity index (χ4v) is 1.94. The van der Waals surface area contributed by atoms with E-state index in [0.717, 1.165) is 10.9 Å². The first-order valence-electron chi connectivity index (χ1n) is 6.49. The molecule has 2 rings (SSSR count). The van der Waals surface area contributed by atoms with Crippen LogP contribution in [-0.2, 0) is 9.47 Å². The molecule has 0 aliphatic rings. The summed E-state index contributed by atoms with van der Waals surface area (Å²) >= 11 is 0. The summed E-state index contributed by atoms with van der Waals surface area (Å²) in [6, 6.07) is 5.07. The highest BCUT2D eigenvalue weighted by atomic mass is 16.6. The zero-order chi connectivity index (χ0) is 15.6. The Morgan fingerprint density at radius 1 is 1.24 bits per heavy atom. The number of hydrogen-bond donors (Lipinski definition) is 2. The second kappa shape index (κ2) is 5.47. The molecule has 0 aliphatic heterocycles. The quantitative estimate of drug-likeness (QED) is 0.831. The van der Waals surface area contributed by atoms with Gasteiger partial charge in [-0.15, -0.1) is 0 Å². The van der Waals surface area contributed by atoms with E-state index in [4.69, 9.17) is 9.47 Å². The van der Waals surface area contributed by atoms with Gasteiger partial charge in [-0.2, -0.15) is 0 Å². The monoisotopic (exact) mass is 290 g/mol. The molecule has 0 aliphatic carbocycles. The smallest absolute Gasteiger partial charge is 0.412 e. The third-order valence-electron chi connectivity index (χ3n) is 2.72. The molecule has 0 saturated carbocycles. The molecule has 2 aromatic rings. The van der Waals surface area contributed by atoms with E-state index < -0.39 is 17.7 Å². The van der Waals surface area contributed by atoms with E-state index in [1.54, 1.807) is 45.2 Å². The van der Waals surface area contributed by atoms with Gasteiger partial charge < -0.3 is 14.5 Å². The molecule has 0 bridgehead atoms. The van der Waals surface area contributed by atoms with E-state index in [2.05, 4.69) is 10.3 Å². The van der Waals surface area contributed by atoms with E-state index in [1.807, 2.05) is 0 Å². The number of methoxy groups -OCH3 is 1. The second-order valence-corrected chi connectivity index (χ2v) is 5.58. The number of amides is 1. The molecular weight excluding hydrogens is 272 g/mol. The lowest BCUT2D eigenvalue weighted by atomic mass is 10.1. The van der Waals surface area contributed by atoms with E-state index in [-0.39, 0.29) is 0 Å². The summed E-state index contributed by atoms with van der Waals surface area (Å²) in [4.78, 5) is 26.6. The summed E-state index contributed by atoms with van der Waals surface area (Å²) in [6.45, 7) is 5.34. The lowest BCUT2D eigenvalue weighted by Gasteiger charge is -2.19. The molecule has 112 valence electrons. The third-order valence-corrected chi connectivity index (χ3v) is 2.72. The van der Waals surface area contributed by atoms with Crippen molar-refractivity contribution < 1.29 is 19.1 Å². The average molecular weight is 290 g/mol. The maximum Gasteiger partial charge on any atom is 0.412 e. The first-order chi connectivity index (χ1) is 9.80. The molecule has 0 radical (unpaired) electrons. The summed E-state index contributed by atoms with van der Waals surface area (Å²) < 4.78 is 9.94. The minimum absolute atomic E-state index is 0.377. The maximum absolute atomic E-state index is 11.8. The van der Waals surface area contributed by atoms with E-state index in [9.17, 15) is 9.59 Å². The Labute approximate surface area is 122 Å². The van der Waals surface area contributed by atoms with Crippen molar-refractivity contribution in [1.29, 1.82) is 0 Å². The Hall–Kier alpha value is -2.50. The van der Waals surface area contributed by atoms with E-state index in [1.165, 1.54) is 7.11 Å². The normalized spacial score (nSPS) is 11.2. The minimum Gasteiger partial charge on any atom is -0.465 e. The summed E-state index contributed by atoms with van der Waals surface area (Å²) in [5, 5.41) is 3.34. The van der Waals surface area contributed by atoms with Crippen LogP contribution < -0.4 is 5.32 Å². The molecule has 0 saturated heterocycles. The number of rotatable bonds is 2. The number of H-pyrrole nitrogens is 1. The number of carbonyl (C=O) groups excluding carboxylic acids is 2. The topological polar surface area (TPSA) is 80.4 Å². The van der Waals surface area contributed by atoms with Gasteiger partial charge in [0.25, 0.3) is 0 Å². The van der Waals surface area contributed by atoms with Crippen molar-refractivity contribution in [3.8, 4) is 0 Å². The van der Waals surface area contributed by atoms with Gasteiger partial charge in [0.1, 0.15) is 5.60 Å². The highest BCUT2D eigenvalue weighted by Gasteiger charge is 2.18. The number of esters is 1. The number of anilines is 1. The number of nitrogens with one attached hydrogen (secondary N) is 2. The highest BCUT2D eigenvalue weighted by molar-refractivity contribution is 6.06. The van der Waals surface area contributed by atoms with Gasteiger partial charge in [0, 0.05) is 22.8 Å². The number of fused-ring (bicyclic) bond motifs is 1. The zero-order valence-corrected chi connectivity index (χ0v) is 12.4. The molecule has 21 heavy (non-hydrogen) atoms. The first-order valence-corrected chi connectivity index (χ1v) is 6.49. The molecule has 1 heterocycles. The number of aromatic nitrogens is 1. The summed E-state index contributed by atoms with van der Waals surface area (Å²) in [5.74, 6) is -0.465. The number of ether oxygens (including phenoxy) is 2. The first kappa shape index (κ1) is 14.9. The summed E-state index contributed by atoms with van der Waals surface area (Å²) in [6.07, 6.45) is 1.14. The van der Waals surface area contributed by atoms with Gasteiger partial charge in [-0.25, -0.2) is 9.59 Å². The molecule has 0 atom stereocenters. The molecule has 0 fully saturated rings. The van der Waals surface area contributed by atoms with Crippen LogP contribution in [-0.4, -0.2) is 29.8 Å². The molecule has 2 N–H and O–H groups in total. The average Bonchev–Trinajstić information content (AvgIpc) is 2.82. The standard InChI is InChI=1S/C15H18N2O4/c1-15(2,3)21-14(19)17-9-7-11(13(18)20-4)10-5-6-16-12(10)8-9/h5-8,16H,1-4H3,(H,17,19). The Morgan fingerprint density at radius 3 is 2.57 bits per heavy atom. The van der Waals surface area contributed by atoms with E-state index in [0.29, 0.717) is 11.3 Å². The van der Waals surface area contributed by atoms with Crippen molar-refractivity contribution >= 4 is 28.7 Å². The van der Waals surface area contributed by atoms with Crippen molar-refractivity contribution in [2.75, 3.05) is 12.4 Å². The van der Waals surface area contributed by atoms with Crippen LogP contribution >= 0.6 is 0 Å². The Kier molecular flexibility index (Phi) is 3.88. The lowest BCUT2D eigenvalue weighted by molar-refractivity contribution is 0.0598. The van der Waals surface area contributed by atoms with Crippen LogP contribution in [0.4, 0.5) is 10.5 Å². The fraction of sp³-hybridized carbons (Fsp3) is 0.333. The van der Waals surface area contributed by atoms with Gasteiger partial charge >= 0.3 is 12.1 Å². The second-order valence-electron chi connectivity index (χ2n) is 5.58. The van der Waals surface area contributed by atoms with Crippen LogP contribution in [0.1, 0.15) is 31.1 Å². The maximum atomic E-state index is 11.8. The lowest BCUT2D eigenvalue weighted by Crippen LogP contribution is -2.27. The molecule has 1 aromatic heterocycles. The SMILES string of the molecule is COC(=O)c1cc(NC(=O)OC(C)(C)C)cc2[nH]ccc12. The van der Waals surface area contributed by atoms with Gasteiger partial charge in [-0.05, 0) is 39.0 Å². The minimum atomic E-state index is -0.591. The molecule has 0 unspecified atom stereocenters. The van der Waals surface area contributed by atoms with Gasteiger partial charge in [0.2, 0.25) is 0 Å². The van der Waals surface area contributed by atoms with Gasteiger partial charge in [0.05, 0.1) is 12.7 Å². The predicted octanol–water partition coefficient (Wildman–Crippen LogP) is 3.30. The Bertz CT molecular complexity index is 683. The van der Waals surface area contributed by atoms with Crippen molar-refractivity contribution in [3.05, 3.63) is 30.0 Å². The third kappa shape index (κ3) is 3.53. The molecule has 6 nitrogen and oxygen atoms in total. The van der Waals surface area contributed by atoms with Gasteiger partial charge in [-0.3, -0.25) is 5.32 Å². The van der Waals surface area contributed by atoms with Crippen LogP contribution in [0, 0.1) is 0 Å². The largest absolute Gasteiger partial charge is 0.465 e. The fourth-order valence-electron chi connectivity index (χ4n) is 1.94. The van der Waals surface area contributed by atoms with Crippen molar-refractivity contribution in [2.45, 2.75) is 26.4 Å². The van der Waals surface area contributed by atoms with Gasteiger partial charge in [0.15, 0.2) is 0 Å². The van der Waals surface area contributed by atoms with Crippen molar-refractivity contribution in [2.24, 2.45) is 0 Å². The van der Waals surface area contributed by atoms with Crippen LogP contribution in [0.25, 0.3) is 10.9 Å². The number of benzene rings is 1. The molecule has 1 aromatic carbocycles. The van der Waals surface area contributed by atoms with Crippen LogP contribution in [0.3, 0.4) is 0 Å². The molecule has 1 amide bonds. The van der Waals surface area contributed by atoms with Crippen LogP contribution in [0.2, 0.25) is 0 Å². The van der Waals surface area contributed by atoms with E-state index >= 15 is 0 Å². The van der Waals surface area contributed by atoms with Crippen LogP contribution in [0.15, 0.2) is 24.4 Å². The molecule has 6 heteroatoms. The van der Waals surface area contributed by atoms with Crippen LogP contribution in [0.5, 0.6) is 0 Å². The zero-order valence-electron chi connectivity index (χ0n) is 12.4. The highest BCUT2D eigenvalue weighted by Crippen LogP contribution is 2.24. The Morgan fingerprint density at radius 2 is 1.95 bits per heavy atom. The number of aromatic amines is 1. The van der Waals surface area contributed by atoms with Gasteiger partial charge in [-0.1, -0.05) is 0 Å². The van der Waals surface area contributed by atoms with Crippen molar-refractivity contribution in [1.82, 2.24) is 4.98 Å². The predicted molar refractivity (Wildman–Crippen MR) is 79.5 cm³/mol. The Balaban J connectivity index is 2.32. The molecule has 0 spiro atoms. The van der Waals surface area contributed by atoms with Crippen molar-refractivity contribution in [3.63, 3.8) is 0 Å². The molecular formula is C15H18N2O4. The number of hydrogen-bond acceptors (Lipinski definition) is 4.